The van der Waals surface area contributed by atoms with Crippen LogP contribution in [0.2, 0.25) is 0 Å². The fourth-order valence-electron chi connectivity index (χ4n) is 0.571. The maximum atomic E-state index is 10.4. The fraction of sp³-hybridized carbons (Fsp3) is 0.667. The van der Waals surface area contributed by atoms with Crippen molar-refractivity contribution in [3.63, 3.8) is 0 Å². The Balaban J connectivity index is 3.85. The number of rotatable bonds is 6. The number of hydrogen-bond acceptors (Lipinski definition) is 5. The van der Waals surface area contributed by atoms with E-state index >= 15 is 0 Å². The second-order valence-corrected chi connectivity index (χ2v) is 2.70. The topological polar surface area (TPSA) is 107 Å². The molecule has 0 spiro atoms. The van der Waals surface area contributed by atoms with Gasteiger partial charge in [-0.15, -0.1) is 0 Å². The Labute approximate surface area is 80.0 Å². The zero-order valence-corrected chi connectivity index (χ0v) is 7.57. The average molecular weight is 209 g/mol. The van der Waals surface area contributed by atoms with Gasteiger partial charge in [-0.25, -0.2) is 4.79 Å². The standard InChI is InChI=1S/C6H11NO5S/c8-4(6(11)12)1-7-3(2-13)5(9)10/h3-4,7-8,13H,1-2H2,(H,9,10)(H,11,12)/t3-,4?/m0/s1. The van der Waals surface area contributed by atoms with E-state index in [1.165, 1.54) is 0 Å². The van der Waals surface area contributed by atoms with E-state index in [0.29, 0.717) is 0 Å². The summed E-state index contributed by atoms with van der Waals surface area (Å²) in [5.41, 5.74) is 0. The minimum Gasteiger partial charge on any atom is -0.480 e. The second kappa shape index (κ2) is 5.79. The summed E-state index contributed by atoms with van der Waals surface area (Å²) in [5, 5.41) is 27.8. The highest BCUT2D eigenvalue weighted by Gasteiger charge is 2.19. The predicted molar refractivity (Wildman–Crippen MR) is 46.9 cm³/mol. The summed E-state index contributed by atoms with van der Waals surface area (Å²) in [4.78, 5) is 20.5. The number of thiol groups is 1. The Kier molecular flexibility index (Phi) is 5.44. The molecule has 4 N–H and O–H groups in total. The van der Waals surface area contributed by atoms with Crippen molar-refractivity contribution in [2.45, 2.75) is 12.1 Å². The molecule has 2 atom stereocenters. The lowest BCUT2D eigenvalue weighted by atomic mass is 10.3. The molecule has 13 heavy (non-hydrogen) atoms. The molecule has 7 heteroatoms. The molecule has 0 amide bonds. The van der Waals surface area contributed by atoms with Gasteiger partial charge in [0.05, 0.1) is 0 Å². The molecule has 6 nitrogen and oxygen atoms in total. The molecular formula is C6H11NO5S. The summed E-state index contributed by atoms with van der Waals surface area (Å²) < 4.78 is 0. The third kappa shape index (κ3) is 4.71. The Hall–Kier alpha value is -0.790. The van der Waals surface area contributed by atoms with E-state index in [1.54, 1.807) is 0 Å². The SMILES string of the molecule is O=C(O)C(O)CN[C@@H](CS)C(=O)O. The van der Waals surface area contributed by atoms with Crippen molar-refractivity contribution in [1.29, 1.82) is 0 Å². The maximum absolute atomic E-state index is 10.4. The molecule has 0 rings (SSSR count). The van der Waals surface area contributed by atoms with Crippen molar-refractivity contribution < 1.29 is 24.9 Å². The van der Waals surface area contributed by atoms with Gasteiger partial charge >= 0.3 is 11.9 Å². The lowest BCUT2D eigenvalue weighted by molar-refractivity contribution is -0.147. The summed E-state index contributed by atoms with van der Waals surface area (Å²) in [6.07, 6.45) is -1.60. The van der Waals surface area contributed by atoms with E-state index in [-0.39, 0.29) is 12.3 Å². The summed E-state index contributed by atoms with van der Waals surface area (Å²) >= 11 is 3.74. The molecule has 0 aliphatic rings. The molecule has 1 unspecified atom stereocenters. The second-order valence-electron chi connectivity index (χ2n) is 2.34. The Bertz CT molecular complexity index is 197. The molecule has 0 aromatic heterocycles. The van der Waals surface area contributed by atoms with Crippen LogP contribution in [0.25, 0.3) is 0 Å². The summed E-state index contributed by atoms with van der Waals surface area (Å²) in [6.45, 7) is -0.313. The zero-order valence-electron chi connectivity index (χ0n) is 6.67. The van der Waals surface area contributed by atoms with Crippen LogP contribution in [0.15, 0.2) is 0 Å². The van der Waals surface area contributed by atoms with E-state index in [2.05, 4.69) is 17.9 Å². The minimum atomic E-state index is -1.60. The van der Waals surface area contributed by atoms with Crippen LogP contribution in [0.4, 0.5) is 0 Å². The van der Waals surface area contributed by atoms with Gasteiger partial charge in [0, 0.05) is 12.3 Å². The van der Waals surface area contributed by atoms with Crippen molar-refractivity contribution in [2.24, 2.45) is 0 Å². The molecule has 0 saturated carbocycles. The Morgan fingerprint density at radius 1 is 1.31 bits per heavy atom. The van der Waals surface area contributed by atoms with Gasteiger partial charge in [0.25, 0.3) is 0 Å². The molecule has 0 fully saturated rings. The number of aliphatic hydroxyl groups is 1. The molecule has 0 radical (unpaired) electrons. The number of aliphatic carboxylic acids is 2. The molecule has 0 aliphatic carbocycles. The van der Waals surface area contributed by atoms with E-state index in [9.17, 15) is 9.59 Å². The lowest BCUT2D eigenvalue weighted by Crippen LogP contribution is -2.44. The molecule has 0 aromatic rings. The number of aliphatic hydroxyl groups excluding tert-OH is 1. The van der Waals surface area contributed by atoms with Crippen LogP contribution in [-0.4, -0.2) is 51.7 Å². The highest BCUT2D eigenvalue weighted by Crippen LogP contribution is 1.89. The Morgan fingerprint density at radius 2 is 1.85 bits per heavy atom. The van der Waals surface area contributed by atoms with Gasteiger partial charge in [-0.3, -0.25) is 4.79 Å². The van der Waals surface area contributed by atoms with Crippen molar-refractivity contribution in [2.75, 3.05) is 12.3 Å². The van der Waals surface area contributed by atoms with Gasteiger partial charge < -0.3 is 20.6 Å². The first-order valence-corrected chi connectivity index (χ1v) is 4.10. The van der Waals surface area contributed by atoms with Crippen molar-refractivity contribution >= 4 is 24.6 Å². The van der Waals surface area contributed by atoms with Crippen LogP contribution in [0.1, 0.15) is 0 Å². The minimum absolute atomic E-state index is 0.0294. The van der Waals surface area contributed by atoms with Crippen LogP contribution in [0.5, 0.6) is 0 Å². The lowest BCUT2D eigenvalue weighted by Gasteiger charge is -2.12. The molecule has 0 bridgehead atoms. The van der Waals surface area contributed by atoms with E-state index < -0.39 is 24.1 Å². The van der Waals surface area contributed by atoms with E-state index in [0.717, 1.165) is 0 Å². The molecule has 0 heterocycles. The summed E-state index contributed by atoms with van der Waals surface area (Å²) in [5.74, 6) is -2.50. The van der Waals surface area contributed by atoms with E-state index in [4.69, 9.17) is 15.3 Å². The smallest absolute Gasteiger partial charge is 0.333 e. The molecule has 0 saturated heterocycles. The summed E-state index contributed by atoms with van der Waals surface area (Å²) in [7, 11) is 0. The van der Waals surface area contributed by atoms with Gasteiger partial charge in [0.15, 0.2) is 6.10 Å². The molecule has 0 aliphatic heterocycles. The average Bonchev–Trinajstić information content (AvgIpc) is 2.04. The zero-order chi connectivity index (χ0) is 10.4. The highest BCUT2D eigenvalue weighted by atomic mass is 32.1. The van der Waals surface area contributed by atoms with Gasteiger partial charge in [-0.05, 0) is 0 Å². The molecular weight excluding hydrogens is 198 g/mol. The third-order valence-electron chi connectivity index (χ3n) is 1.32. The number of hydrogen-bond donors (Lipinski definition) is 5. The quantitative estimate of drug-likeness (QED) is 0.337. The number of nitrogens with one attached hydrogen (secondary N) is 1. The van der Waals surface area contributed by atoms with Crippen LogP contribution >= 0.6 is 12.6 Å². The van der Waals surface area contributed by atoms with Crippen LogP contribution in [-0.2, 0) is 9.59 Å². The number of carbonyl (C=O) groups is 2. The first-order chi connectivity index (χ1) is 5.99. The van der Waals surface area contributed by atoms with Crippen LogP contribution in [0.3, 0.4) is 0 Å². The largest absolute Gasteiger partial charge is 0.480 e. The third-order valence-corrected chi connectivity index (χ3v) is 1.69. The number of carboxylic acids is 2. The molecule has 0 aromatic carbocycles. The summed E-state index contributed by atoms with van der Waals surface area (Å²) in [6, 6.07) is -0.947. The van der Waals surface area contributed by atoms with Crippen molar-refractivity contribution in [1.82, 2.24) is 5.32 Å². The van der Waals surface area contributed by atoms with Gasteiger partial charge in [0.1, 0.15) is 6.04 Å². The van der Waals surface area contributed by atoms with E-state index in [1.807, 2.05) is 0 Å². The van der Waals surface area contributed by atoms with Crippen molar-refractivity contribution in [3.05, 3.63) is 0 Å². The normalized spacial score (nSPS) is 14.9. The van der Waals surface area contributed by atoms with Crippen LogP contribution in [0, 0.1) is 0 Å². The first kappa shape index (κ1) is 12.2. The van der Waals surface area contributed by atoms with Crippen LogP contribution < -0.4 is 5.32 Å². The fourth-order valence-corrected chi connectivity index (χ4v) is 0.856. The maximum Gasteiger partial charge on any atom is 0.333 e. The predicted octanol–water partition coefficient (Wildman–Crippen LogP) is -1.60. The number of carboxylic acid groups (broad SMARTS) is 2. The van der Waals surface area contributed by atoms with Gasteiger partial charge in [-0.2, -0.15) is 12.6 Å². The van der Waals surface area contributed by atoms with Gasteiger partial charge in [0.2, 0.25) is 0 Å². The molecule has 76 valence electrons. The van der Waals surface area contributed by atoms with Gasteiger partial charge in [-0.1, -0.05) is 0 Å². The monoisotopic (exact) mass is 209 g/mol. The van der Waals surface area contributed by atoms with Crippen molar-refractivity contribution in [3.8, 4) is 0 Å². The Morgan fingerprint density at radius 3 is 2.15 bits per heavy atom. The first-order valence-electron chi connectivity index (χ1n) is 3.47. The highest BCUT2D eigenvalue weighted by molar-refractivity contribution is 7.80.